The molecule has 98 valence electrons. The third-order valence-electron chi connectivity index (χ3n) is 4.49. The van der Waals surface area contributed by atoms with Crippen LogP contribution in [-0.4, -0.2) is 25.2 Å². The van der Waals surface area contributed by atoms with Crippen LogP contribution in [0.5, 0.6) is 0 Å². The van der Waals surface area contributed by atoms with Crippen LogP contribution in [0.2, 0.25) is 0 Å². The summed E-state index contributed by atoms with van der Waals surface area (Å²) in [4.78, 5) is 2.66. The summed E-state index contributed by atoms with van der Waals surface area (Å²) in [5, 5.41) is 3.60. The van der Waals surface area contributed by atoms with Crippen LogP contribution < -0.4 is 10.2 Å². The number of para-hydroxylation sites is 1. The Labute approximate surface area is 110 Å². The molecule has 0 amide bonds. The van der Waals surface area contributed by atoms with Gasteiger partial charge in [-0.3, -0.25) is 0 Å². The fraction of sp³-hybridized carbons (Fsp3) is 0.625. The van der Waals surface area contributed by atoms with E-state index in [1.807, 2.05) is 0 Å². The van der Waals surface area contributed by atoms with E-state index in [0.29, 0.717) is 6.04 Å². The number of hydrogen-bond acceptors (Lipinski definition) is 2. The molecule has 0 bridgehead atoms. The zero-order valence-electron chi connectivity index (χ0n) is 11.5. The summed E-state index contributed by atoms with van der Waals surface area (Å²) in [6, 6.07) is 10.3. The Balaban J connectivity index is 1.66. The summed E-state index contributed by atoms with van der Waals surface area (Å²) >= 11 is 0. The van der Waals surface area contributed by atoms with E-state index in [0.717, 1.165) is 12.0 Å². The maximum atomic E-state index is 3.60. The molecule has 2 aliphatic rings. The Hall–Kier alpha value is -1.02. The van der Waals surface area contributed by atoms with Crippen molar-refractivity contribution in [1.29, 1.82) is 0 Å². The molecular formula is C16H24N2. The minimum atomic E-state index is 0.608. The number of benzene rings is 1. The van der Waals surface area contributed by atoms with E-state index in [9.17, 15) is 0 Å². The summed E-state index contributed by atoms with van der Waals surface area (Å²) in [6.07, 6.45) is 4.00. The van der Waals surface area contributed by atoms with Crippen molar-refractivity contribution in [3.8, 4) is 0 Å². The Morgan fingerprint density at radius 2 is 2.11 bits per heavy atom. The average Bonchev–Trinajstić information content (AvgIpc) is 2.72. The zero-order valence-corrected chi connectivity index (χ0v) is 11.5. The lowest BCUT2D eigenvalue weighted by molar-refractivity contribution is 0.232. The maximum Gasteiger partial charge on any atom is 0.0402 e. The Kier molecular flexibility index (Phi) is 3.29. The number of fused-ring (bicyclic) bond motifs is 1. The monoisotopic (exact) mass is 244 g/mol. The van der Waals surface area contributed by atoms with Gasteiger partial charge in [-0.05, 0) is 36.8 Å². The highest BCUT2D eigenvalue weighted by Crippen LogP contribution is 2.39. The predicted octanol–water partition coefficient (Wildman–Crippen LogP) is 2.83. The molecule has 1 aliphatic heterocycles. The number of hydrogen-bond donors (Lipinski definition) is 1. The molecule has 1 heterocycles. The van der Waals surface area contributed by atoms with Gasteiger partial charge in [0.1, 0.15) is 0 Å². The fourth-order valence-electron chi connectivity index (χ4n) is 3.30. The molecule has 1 aromatic carbocycles. The molecule has 2 atom stereocenters. The van der Waals surface area contributed by atoms with Gasteiger partial charge < -0.3 is 10.2 Å². The van der Waals surface area contributed by atoms with E-state index in [-0.39, 0.29) is 0 Å². The number of anilines is 1. The highest BCUT2D eigenvalue weighted by atomic mass is 15.2. The number of nitrogens with zero attached hydrogens (tertiary/aromatic N) is 1. The standard InChI is InChI=1S/C16H24N2/c1-12(2)17-11-14-7-8-16(14)18-10-9-13-5-3-4-6-15(13)18/h3-6,12,14,16-17H,7-11H2,1-2H3. The van der Waals surface area contributed by atoms with E-state index in [1.54, 1.807) is 5.56 Å². The minimum Gasteiger partial charge on any atom is -0.368 e. The summed E-state index contributed by atoms with van der Waals surface area (Å²) in [5.74, 6) is 0.846. The summed E-state index contributed by atoms with van der Waals surface area (Å²) in [6.45, 7) is 6.88. The molecule has 0 spiro atoms. The molecule has 1 aromatic rings. The van der Waals surface area contributed by atoms with Gasteiger partial charge in [-0.25, -0.2) is 0 Å². The molecule has 1 aliphatic carbocycles. The van der Waals surface area contributed by atoms with Gasteiger partial charge in [0.25, 0.3) is 0 Å². The SMILES string of the molecule is CC(C)NCC1CCC1N1CCc2ccccc21. The van der Waals surface area contributed by atoms with Crippen molar-refractivity contribution < 1.29 is 0 Å². The first-order chi connectivity index (χ1) is 8.75. The average molecular weight is 244 g/mol. The Morgan fingerprint density at radius 1 is 1.28 bits per heavy atom. The van der Waals surface area contributed by atoms with Gasteiger partial charge in [-0.1, -0.05) is 32.0 Å². The van der Waals surface area contributed by atoms with Gasteiger partial charge in [0.15, 0.2) is 0 Å². The lowest BCUT2D eigenvalue weighted by Gasteiger charge is -2.44. The summed E-state index contributed by atoms with van der Waals surface area (Å²) in [5.41, 5.74) is 3.04. The second-order valence-electron chi connectivity index (χ2n) is 6.04. The maximum absolute atomic E-state index is 3.60. The van der Waals surface area contributed by atoms with Crippen LogP contribution in [0.4, 0.5) is 5.69 Å². The lowest BCUT2D eigenvalue weighted by Crippen LogP contribution is -2.50. The van der Waals surface area contributed by atoms with E-state index in [1.165, 1.54) is 38.0 Å². The van der Waals surface area contributed by atoms with Crippen LogP contribution in [0.1, 0.15) is 32.3 Å². The molecule has 2 heteroatoms. The highest BCUT2D eigenvalue weighted by molar-refractivity contribution is 5.59. The number of rotatable bonds is 4. The molecule has 0 aromatic heterocycles. The summed E-state index contributed by atoms with van der Waals surface area (Å²) in [7, 11) is 0. The van der Waals surface area contributed by atoms with Crippen LogP contribution in [0, 0.1) is 5.92 Å². The molecule has 1 fully saturated rings. The van der Waals surface area contributed by atoms with Gasteiger partial charge >= 0.3 is 0 Å². The number of nitrogens with one attached hydrogen (secondary N) is 1. The van der Waals surface area contributed by atoms with Gasteiger partial charge in [-0.2, -0.15) is 0 Å². The molecule has 1 saturated carbocycles. The largest absolute Gasteiger partial charge is 0.368 e. The van der Waals surface area contributed by atoms with Crippen LogP contribution in [0.15, 0.2) is 24.3 Å². The van der Waals surface area contributed by atoms with Crippen molar-refractivity contribution in [3.63, 3.8) is 0 Å². The van der Waals surface area contributed by atoms with E-state index in [2.05, 4.69) is 48.3 Å². The van der Waals surface area contributed by atoms with Crippen molar-refractivity contribution in [2.24, 2.45) is 5.92 Å². The first kappa shape index (κ1) is 12.0. The Bertz CT molecular complexity index is 413. The van der Waals surface area contributed by atoms with Crippen molar-refractivity contribution in [3.05, 3.63) is 29.8 Å². The quantitative estimate of drug-likeness (QED) is 0.876. The topological polar surface area (TPSA) is 15.3 Å². The molecule has 2 nitrogen and oxygen atoms in total. The van der Waals surface area contributed by atoms with Gasteiger partial charge in [0, 0.05) is 30.9 Å². The second kappa shape index (κ2) is 4.93. The molecule has 0 radical (unpaired) electrons. The molecule has 3 rings (SSSR count). The zero-order chi connectivity index (χ0) is 12.5. The van der Waals surface area contributed by atoms with Crippen molar-refractivity contribution in [1.82, 2.24) is 5.32 Å². The molecule has 1 N–H and O–H groups in total. The first-order valence-electron chi connectivity index (χ1n) is 7.33. The lowest BCUT2D eigenvalue weighted by atomic mass is 9.78. The van der Waals surface area contributed by atoms with Crippen molar-refractivity contribution in [2.45, 2.75) is 45.2 Å². The van der Waals surface area contributed by atoms with E-state index in [4.69, 9.17) is 0 Å². The third-order valence-corrected chi connectivity index (χ3v) is 4.49. The van der Waals surface area contributed by atoms with Crippen molar-refractivity contribution >= 4 is 5.69 Å². The second-order valence-corrected chi connectivity index (χ2v) is 6.04. The highest BCUT2D eigenvalue weighted by Gasteiger charge is 2.37. The molecule has 18 heavy (non-hydrogen) atoms. The van der Waals surface area contributed by atoms with Gasteiger partial charge in [0.05, 0.1) is 0 Å². The van der Waals surface area contributed by atoms with E-state index < -0.39 is 0 Å². The third kappa shape index (κ3) is 2.14. The minimum absolute atomic E-state index is 0.608. The van der Waals surface area contributed by atoms with E-state index >= 15 is 0 Å². The van der Waals surface area contributed by atoms with Crippen molar-refractivity contribution in [2.75, 3.05) is 18.0 Å². The predicted molar refractivity (Wildman–Crippen MR) is 77.1 cm³/mol. The Morgan fingerprint density at radius 3 is 2.83 bits per heavy atom. The van der Waals surface area contributed by atoms with Gasteiger partial charge in [0.2, 0.25) is 0 Å². The van der Waals surface area contributed by atoms with Gasteiger partial charge in [-0.15, -0.1) is 0 Å². The normalized spacial score (nSPS) is 26.3. The summed E-state index contributed by atoms with van der Waals surface area (Å²) < 4.78 is 0. The molecule has 0 saturated heterocycles. The van der Waals surface area contributed by atoms with Crippen LogP contribution in [0.25, 0.3) is 0 Å². The fourth-order valence-corrected chi connectivity index (χ4v) is 3.30. The van der Waals surface area contributed by atoms with Crippen LogP contribution in [0.3, 0.4) is 0 Å². The smallest absolute Gasteiger partial charge is 0.0402 e. The van der Waals surface area contributed by atoms with Crippen LogP contribution >= 0.6 is 0 Å². The van der Waals surface area contributed by atoms with Crippen LogP contribution in [-0.2, 0) is 6.42 Å². The molecular weight excluding hydrogens is 220 g/mol. The molecule has 2 unspecified atom stereocenters. The first-order valence-corrected chi connectivity index (χ1v) is 7.33.